The molecule has 5 aromatic rings. The Morgan fingerprint density at radius 3 is 2.44 bits per heavy atom. The lowest BCUT2D eigenvalue weighted by molar-refractivity contribution is -0.138. The summed E-state index contributed by atoms with van der Waals surface area (Å²) in [5.41, 5.74) is 7.37. The lowest BCUT2D eigenvalue weighted by Gasteiger charge is -2.25. The molecule has 8 heteroatoms. The van der Waals surface area contributed by atoms with Gasteiger partial charge in [-0.3, -0.25) is 9.36 Å². The van der Waals surface area contributed by atoms with Gasteiger partial charge in [-0.2, -0.15) is 0 Å². The molecule has 0 saturated carbocycles. The lowest BCUT2D eigenvalue weighted by atomic mass is 9.93. The second-order valence-electron chi connectivity index (χ2n) is 10.5. The highest BCUT2D eigenvalue weighted by molar-refractivity contribution is 7.07. The highest BCUT2D eigenvalue weighted by atomic mass is 35.5. The van der Waals surface area contributed by atoms with E-state index in [1.54, 1.807) is 23.6 Å². The number of esters is 1. The lowest BCUT2D eigenvalue weighted by Crippen LogP contribution is -2.40. The monoisotopic (exact) mass is 607 g/mol. The van der Waals surface area contributed by atoms with Crippen LogP contribution in [0.5, 0.6) is 0 Å². The first-order valence-corrected chi connectivity index (χ1v) is 15.3. The molecule has 1 aliphatic rings. The molecule has 216 valence electrons. The topological polar surface area (TPSA) is 65.6 Å². The molecule has 3 aromatic carbocycles. The Labute approximate surface area is 258 Å². The van der Waals surface area contributed by atoms with E-state index in [2.05, 4.69) is 49.6 Å². The van der Waals surface area contributed by atoms with Crippen LogP contribution in [0.1, 0.15) is 46.6 Å². The number of rotatable bonds is 6. The minimum absolute atomic E-state index is 0.193. The minimum Gasteiger partial charge on any atom is -0.463 e. The van der Waals surface area contributed by atoms with Gasteiger partial charge < -0.3 is 9.30 Å². The van der Waals surface area contributed by atoms with E-state index in [4.69, 9.17) is 21.3 Å². The van der Waals surface area contributed by atoms with E-state index in [0.29, 0.717) is 25.6 Å². The minimum atomic E-state index is -0.746. The first-order valence-electron chi connectivity index (χ1n) is 14.1. The standard InChI is InChI=1S/C35H30ClN3O3S/c1-5-42-34(41)30-31(24-11-7-6-8-12-24)37-35-39(32(30)25-14-16-27(36)17-15-25)33(40)29(43-35)20-26-19-22(3)38(23(26)4)28-13-9-10-21(2)18-28/h6-20,32H,5H2,1-4H3/b29-20+/t32-/m1/s1. The van der Waals surface area contributed by atoms with E-state index in [1.807, 2.05) is 54.6 Å². The third kappa shape index (κ3) is 5.31. The molecule has 6 rings (SSSR count). The number of hydrogen-bond acceptors (Lipinski definition) is 5. The molecular weight excluding hydrogens is 578 g/mol. The summed E-state index contributed by atoms with van der Waals surface area (Å²) < 4.78 is 9.87. The van der Waals surface area contributed by atoms with Crippen molar-refractivity contribution in [2.24, 2.45) is 4.99 Å². The zero-order chi connectivity index (χ0) is 30.2. The third-order valence-corrected chi connectivity index (χ3v) is 8.81. The van der Waals surface area contributed by atoms with E-state index in [9.17, 15) is 9.59 Å². The maximum atomic E-state index is 14.2. The van der Waals surface area contributed by atoms with E-state index >= 15 is 0 Å². The maximum absolute atomic E-state index is 14.2. The highest BCUT2D eigenvalue weighted by Crippen LogP contribution is 2.35. The van der Waals surface area contributed by atoms with Crippen LogP contribution in [0, 0.1) is 20.8 Å². The molecule has 43 heavy (non-hydrogen) atoms. The Morgan fingerprint density at radius 1 is 1.00 bits per heavy atom. The summed E-state index contributed by atoms with van der Waals surface area (Å²) in [5.74, 6) is -0.513. The van der Waals surface area contributed by atoms with Crippen molar-refractivity contribution < 1.29 is 9.53 Å². The van der Waals surface area contributed by atoms with Crippen LogP contribution in [0.15, 0.2) is 100 Å². The maximum Gasteiger partial charge on any atom is 0.338 e. The van der Waals surface area contributed by atoms with Crippen molar-refractivity contribution in [3.8, 4) is 5.69 Å². The van der Waals surface area contributed by atoms with Crippen molar-refractivity contribution >= 4 is 40.7 Å². The van der Waals surface area contributed by atoms with E-state index in [0.717, 1.165) is 33.8 Å². The summed E-state index contributed by atoms with van der Waals surface area (Å²) in [5, 5.41) is 0.560. The van der Waals surface area contributed by atoms with Gasteiger partial charge in [-0.25, -0.2) is 9.79 Å². The van der Waals surface area contributed by atoms with Gasteiger partial charge in [-0.05, 0) is 80.8 Å². The number of aromatic nitrogens is 2. The van der Waals surface area contributed by atoms with Gasteiger partial charge >= 0.3 is 5.97 Å². The summed E-state index contributed by atoms with van der Waals surface area (Å²) in [4.78, 5) is 33.3. The second kappa shape index (κ2) is 11.7. The van der Waals surface area contributed by atoms with E-state index in [-0.39, 0.29) is 12.2 Å². The van der Waals surface area contributed by atoms with Crippen LogP contribution in [0.4, 0.5) is 0 Å². The fraction of sp³-hybridized carbons (Fsp3) is 0.171. The number of carbonyl (C=O) groups is 1. The van der Waals surface area contributed by atoms with Gasteiger partial charge in [-0.15, -0.1) is 0 Å². The van der Waals surface area contributed by atoms with Crippen molar-refractivity contribution in [3.63, 3.8) is 0 Å². The SMILES string of the molecule is CCOC(=O)C1=C(c2ccccc2)N=c2s/c(=C/c3cc(C)n(-c4cccc(C)c4)c3C)c(=O)n2[C@@H]1c1ccc(Cl)cc1. The zero-order valence-electron chi connectivity index (χ0n) is 24.3. The molecule has 0 bridgehead atoms. The largest absolute Gasteiger partial charge is 0.463 e. The Bertz CT molecular complexity index is 2070. The van der Waals surface area contributed by atoms with Crippen LogP contribution in [0.2, 0.25) is 5.02 Å². The van der Waals surface area contributed by atoms with E-state index in [1.165, 1.54) is 16.9 Å². The number of fused-ring (bicyclic) bond motifs is 1. The Hall–Kier alpha value is -4.46. The predicted octanol–water partition coefficient (Wildman–Crippen LogP) is 6.30. The number of halogens is 1. The quantitative estimate of drug-likeness (QED) is 0.213. The summed E-state index contributed by atoms with van der Waals surface area (Å²) >= 11 is 7.55. The van der Waals surface area contributed by atoms with Crippen LogP contribution in [0.3, 0.4) is 0 Å². The second-order valence-corrected chi connectivity index (χ2v) is 11.9. The van der Waals surface area contributed by atoms with Gasteiger partial charge in [0.15, 0.2) is 4.80 Å². The predicted molar refractivity (Wildman–Crippen MR) is 172 cm³/mol. The Balaban J connectivity index is 1.60. The van der Waals surface area contributed by atoms with Crippen molar-refractivity contribution in [1.82, 2.24) is 9.13 Å². The molecule has 0 fully saturated rings. The van der Waals surface area contributed by atoms with Crippen LogP contribution >= 0.6 is 22.9 Å². The van der Waals surface area contributed by atoms with Crippen LogP contribution in [0.25, 0.3) is 17.5 Å². The van der Waals surface area contributed by atoms with Gasteiger partial charge in [0.25, 0.3) is 5.56 Å². The number of carbonyl (C=O) groups excluding carboxylic acids is 1. The molecule has 2 aromatic heterocycles. The molecule has 1 atom stereocenters. The number of benzene rings is 3. The van der Waals surface area contributed by atoms with Crippen molar-refractivity contribution in [1.29, 1.82) is 0 Å². The average molecular weight is 608 g/mol. The van der Waals surface area contributed by atoms with Gasteiger partial charge in [-0.1, -0.05) is 77.5 Å². The number of ether oxygens (including phenoxy) is 1. The smallest absolute Gasteiger partial charge is 0.338 e. The van der Waals surface area contributed by atoms with Crippen molar-refractivity contribution in [2.45, 2.75) is 33.7 Å². The molecule has 6 nitrogen and oxygen atoms in total. The fourth-order valence-corrected chi connectivity index (χ4v) is 6.76. The Morgan fingerprint density at radius 2 is 1.74 bits per heavy atom. The molecular formula is C35H30ClN3O3S. The van der Waals surface area contributed by atoms with Gasteiger partial charge in [0.2, 0.25) is 0 Å². The van der Waals surface area contributed by atoms with Gasteiger partial charge in [0, 0.05) is 27.7 Å². The number of hydrogen-bond donors (Lipinski definition) is 0. The third-order valence-electron chi connectivity index (χ3n) is 7.58. The normalized spacial score (nSPS) is 14.9. The molecule has 0 spiro atoms. The van der Waals surface area contributed by atoms with Gasteiger partial charge in [0.05, 0.1) is 28.5 Å². The summed E-state index contributed by atoms with van der Waals surface area (Å²) in [6, 6.07) is 26.4. The number of nitrogens with zero attached hydrogens (tertiary/aromatic N) is 3. The fourth-order valence-electron chi connectivity index (χ4n) is 5.64. The molecule has 0 aliphatic carbocycles. The first kappa shape index (κ1) is 28.6. The zero-order valence-corrected chi connectivity index (χ0v) is 25.9. The molecule has 0 amide bonds. The number of thiazole rings is 1. The molecule has 0 N–H and O–H groups in total. The molecule has 1 aliphatic heterocycles. The van der Waals surface area contributed by atoms with Crippen molar-refractivity contribution in [3.05, 3.63) is 149 Å². The highest BCUT2D eigenvalue weighted by Gasteiger charge is 2.35. The van der Waals surface area contributed by atoms with E-state index < -0.39 is 12.0 Å². The molecule has 0 saturated heterocycles. The summed E-state index contributed by atoms with van der Waals surface area (Å²) in [6.07, 6.45) is 1.92. The molecule has 0 unspecified atom stereocenters. The Kier molecular flexibility index (Phi) is 7.77. The first-order chi connectivity index (χ1) is 20.8. The van der Waals surface area contributed by atoms with Crippen LogP contribution in [-0.2, 0) is 9.53 Å². The van der Waals surface area contributed by atoms with Gasteiger partial charge in [0.1, 0.15) is 0 Å². The van der Waals surface area contributed by atoms with Crippen molar-refractivity contribution in [2.75, 3.05) is 6.61 Å². The molecule has 3 heterocycles. The number of aryl methyl sites for hydroxylation is 2. The van der Waals surface area contributed by atoms with Crippen LogP contribution in [-0.4, -0.2) is 21.7 Å². The molecule has 0 radical (unpaired) electrons. The summed E-state index contributed by atoms with van der Waals surface area (Å²) in [6.45, 7) is 8.15. The summed E-state index contributed by atoms with van der Waals surface area (Å²) in [7, 11) is 0. The average Bonchev–Trinajstić information content (AvgIpc) is 3.46. The van der Waals surface area contributed by atoms with Crippen LogP contribution < -0.4 is 14.9 Å².